The summed E-state index contributed by atoms with van der Waals surface area (Å²) in [5, 5.41) is 13.9. The zero-order chi connectivity index (χ0) is 15.5. The van der Waals surface area contributed by atoms with Gasteiger partial charge in [-0.15, -0.1) is 10.2 Å². The van der Waals surface area contributed by atoms with Gasteiger partial charge in [-0.2, -0.15) is 0 Å². The van der Waals surface area contributed by atoms with Crippen molar-refractivity contribution < 1.29 is 9.53 Å². The van der Waals surface area contributed by atoms with Gasteiger partial charge in [0.05, 0.1) is 12.2 Å². The highest BCUT2D eigenvalue weighted by Crippen LogP contribution is 2.27. The van der Waals surface area contributed by atoms with Crippen molar-refractivity contribution in [1.82, 2.24) is 10.2 Å². The van der Waals surface area contributed by atoms with Gasteiger partial charge in [0.25, 0.3) is 5.91 Å². The first-order valence-corrected chi connectivity index (χ1v) is 7.76. The lowest BCUT2D eigenvalue weighted by molar-refractivity contribution is 0.102. The number of rotatable bonds is 4. The van der Waals surface area contributed by atoms with Crippen LogP contribution in [0, 0.1) is 6.92 Å². The number of carbonyl (C=O) groups excluding carboxylic acids is 1. The van der Waals surface area contributed by atoms with Gasteiger partial charge in [-0.25, -0.2) is 0 Å². The third-order valence-corrected chi connectivity index (χ3v) is 3.89. The average Bonchev–Trinajstić information content (AvgIpc) is 2.92. The molecule has 0 unspecified atom stereocenters. The number of nitrogens with one attached hydrogen (secondary N) is 1. The number of hydrogen-bond donors (Lipinski definition) is 1. The van der Waals surface area contributed by atoms with Crippen molar-refractivity contribution in [2.24, 2.45) is 0 Å². The second kappa shape index (κ2) is 6.11. The molecule has 0 spiro atoms. The molecule has 1 amide bonds. The van der Waals surface area contributed by atoms with Gasteiger partial charge in [-0.3, -0.25) is 10.1 Å². The van der Waals surface area contributed by atoms with Crippen molar-refractivity contribution in [2.45, 2.75) is 13.8 Å². The number of benzene rings is 2. The summed E-state index contributed by atoms with van der Waals surface area (Å²) in [6, 6.07) is 11.6. The fraction of sp³-hybridized carbons (Fsp3) is 0.188. The molecule has 0 atom stereocenters. The minimum Gasteiger partial charge on any atom is -0.493 e. The summed E-state index contributed by atoms with van der Waals surface area (Å²) in [4.78, 5) is 12.5. The largest absolute Gasteiger partial charge is 0.493 e. The van der Waals surface area contributed by atoms with E-state index in [0.717, 1.165) is 15.8 Å². The number of anilines is 1. The molecule has 1 N–H and O–H groups in total. The molecular weight excluding hydrogens is 298 g/mol. The minimum absolute atomic E-state index is 0.245. The van der Waals surface area contributed by atoms with E-state index in [4.69, 9.17) is 4.74 Å². The summed E-state index contributed by atoms with van der Waals surface area (Å²) < 4.78 is 5.62. The van der Waals surface area contributed by atoms with Crippen molar-refractivity contribution in [1.29, 1.82) is 0 Å². The van der Waals surface area contributed by atoms with Gasteiger partial charge in [0.15, 0.2) is 0 Å². The van der Waals surface area contributed by atoms with E-state index >= 15 is 0 Å². The molecule has 0 aliphatic rings. The van der Waals surface area contributed by atoms with E-state index < -0.39 is 0 Å². The lowest BCUT2D eigenvalue weighted by Gasteiger charge is -2.11. The van der Waals surface area contributed by atoms with Crippen molar-refractivity contribution in [3.63, 3.8) is 0 Å². The summed E-state index contributed by atoms with van der Waals surface area (Å²) in [5.74, 6) is 0.324. The fourth-order valence-electron chi connectivity index (χ4n) is 2.18. The molecule has 6 heteroatoms. The van der Waals surface area contributed by atoms with Crippen LogP contribution in [0.15, 0.2) is 36.4 Å². The van der Waals surface area contributed by atoms with Gasteiger partial charge in [-0.1, -0.05) is 35.6 Å². The van der Waals surface area contributed by atoms with E-state index in [1.54, 1.807) is 0 Å². The molecule has 0 bridgehead atoms. The monoisotopic (exact) mass is 313 g/mol. The molecule has 0 aliphatic heterocycles. The molecule has 0 fully saturated rings. The quantitative estimate of drug-likeness (QED) is 0.798. The molecule has 1 aromatic heterocycles. The van der Waals surface area contributed by atoms with E-state index in [1.165, 1.54) is 11.3 Å². The maximum Gasteiger partial charge on any atom is 0.261 e. The van der Waals surface area contributed by atoms with Crippen LogP contribution >= 0.6 is 11.3 Å². The topological polar surface area (TPSA) is 64.1 Å². The summed E-state index contributed by atoms with van der Waals surface area (Å²) in [5.41, 5.74) is 0.494. The third-order valence-electron chi connectivity index (χ3n) is 3.14. The Kier molecular flexibility index (Phi) is 4.02. The standard InChI is InChI=1S/C16H15N3O2S/c1-3-21-14-9-12-7-5-4-6-11(12)8-13(14)15(20)17-16-19-18-10(2)22-16/h4-9H,3H2,1-2H3,(H,17,19,20). The summed E-state index contributed by atoms with van der Waals surface area (Å²) >= 11 is 1.34. The van der Waals surface area contributed by atoms with E-state index in [-0.39, 0.29) is 5.91 Å². The molecule has 0 saturated heterocycles. The molecule has 112 valence electrons. The lowest BCUT2D eigenvalue weighted by Crippen LogP contribution is -2.13. The van der Waals surface area contributed by atoms with Gasteiger partial charge >= 0.3 is 0 Å². The van der Waals surface area contributed by atoms with Crippen molar-refractivity contribution in [3.8, 4) is 5.75 Å². The van der Waals surface area contributed by atoms with Crippen LogP contribution in [-0.2, 0) is 0 Å². The third kappa shape index (κ3) is 2.92. The molecule has 3 aromatic rings. The number of hydrogen-bond acceptors (Lipinski definition) is 5. The van der Waals surface area contributed by atoms with Crippen LogP contribution in [0.1, 0.15) is 22.3 Å². The van der Waals surface area contributed by atoms with Crippen LogP contribution in [0.5, 0.6) is 5.75 Å². The van der Waals surface area contributed by atoms with E-state index in [0.29, 0.717) is 23.1 Å². The molecular formula is C16H15N3O2S. The number of fused-ring (bicyclic) bond motifs is 1. The highest BCUT2D eigenvalue weighted by molar-refractivity contribution is 7.15. The fourth-order valence-corrected chi connectivity index (χ4v) is 2.77. The number of carbonyl (C=O) groups is 1. The number of aryl methyl sites for hydroxylation is 1. The van der Waals surface area contributed by atoms with Crippen LogP contribution in [0.2, 0.25) is 0 Å². The van der Waals surface area contributed by atoms with Gasteiger partial charge in [0.1, 0.15) is 10.8 Å². The molecule has 5 nitrogen and oxygen atoms in total. The van der Waals surface area contributed by atoms with Gasteiger partial charge in [0.2, 0.25) is 5.13 Å². The highest BCUT2D eigenvalue weighted by atomic mass is 32.1. The zero-order valence-electron chi connectivity index (χ0n) is 12.3. The Morgan fingerprint density at radius 2 is 1.95 bits per heavy atom. The predicted molar refractivity (Wildman–Crippen MR) is 87.7 cm³/mol. The minimum atomic E-state index is -0.245. The smallest absolute Gasteiger partial charge is 0.261 e. The van der Waals surface area contributed by atoms with E-state index in [1.807, 2.05) is 50.2 Å². The normalized spacial score (nSPS) is 10.6. The van der Waals surface area contributed by atoms with E-state index in [9.17, 15) is 4.79 Å². The Balaban J connectivity index is 1.99. The Morgan fingerprint density at radius 1 is 1.23 bits per heavy atom. The first-order valence-electron chi connectivity index (χ1n) is 6.94. The lowest BCUT2D eigenvalue weighted by atomic mass is 10.1. The molecule has 1 heterocycles. The Bertz CT molecular complexity index is 829. The summed E-state index contributed by atoms with van der Waals surface area (Å²) in [6.07, 6.45) is 0. The van der Waals surface area contributed by atoms with Gasteiger partial charge in [0, 0.05) is 0 Å². The highest BCUT2D eigenvalue weighted by Gasteiger charge is 2.15. The summed E-state index contributed by atoms with van der Waals surface area (Å²) in [7, 11) is 0. The molecule has 22 heavy (non-hydrogen) atoms. The van der Waals surface area contributed by atoms with Crippen LogP contribution < -0.4 is 10.1 Å². The number of nitrogens with zero attached hydrogens (tertiary/aromatic N) is 2. The van der Waals surface area contributed by atoms with Crippen LogP contribution in [-0.4, -0.2) is 22.7 Å². The predicted octanol–water partition coefficient (Wildman–Crippen LogP) is 3.65. The SMILES string of the molecule is CCOc1cc2ccccc2cc1C(=O)Nc1nnc(C)s1. The van der Waals surface area contributed by atoms with Crippen LogP contribution in [0.3, 0.4) is 0 Å². The molecule has 2 aromatic carbocycles. The van der Waals surface area contributed by atoms with Crippen molar-refractivity contribution in [2.75, 3.05) is 11.9 Å². The number of ether oxygens (including phenoxy) is 1. The average molecular weight is 313 g/mol. The number of amides is 1. The van der Waals surface area contributed by atoms with Crippen LogP contribution in [0.4, 0.5) is 5.13 Å². The second-order valence-electron chi connectivity index (χ2n) is 4.71. The van der Waals surface area contributed by atoms with E-state index in [2.05, 4.69) is 15.5 Å². The van der Waals surface area contributed by atoms with Gasteiger partial charge < -0.3 is 4.74 Å². The maximum atomic E-state index is 12.5. The Morgan fingerprint density at radius 3 is 2.59 bits per heavy atom. The molecule has 0 radical (unpaired) electrons. The van der Waals surface area contributed by atoms with Crippen LogP contribution in [0.25, 0.3) is 10.8 Å². The molecule has 0 saturated carbocycles. The Labute approximate surface area is 132 Å². The Hall–Kier alpha value is -2.47. The van der Waals surface area contributed by atoms with Crippen molar-refractivity contribution in [3.05, 3.63) is 47.0 Å². The molecule has 3 rings (SSSR count). The van der Waals surface area contributed by atoms with Gasteiger partial charge in [-0.05, 0) is 36.8 Å². The van der Waals surface area contributed by atoms with Crippen molar-refractivity contribution >= 4 is 33.1 Å². The maximum absolute atomic E-state index is 12.5. The first-order chi connectivity index (χ1) is 10.7. The number of aromatic nitrogens is 2. The summed E-state index contributed by atoms with van der Waals surface area (Å²) in [6.45, 7) is 4.23. The second-order valence-corrected chi connectivity index (χ2v) is 5.89. The zero-order valence-corrected chi connectivity index (χ0v) is 13.1. The molecule has 0 aliphatic carbocycles. The first kappa shape index (κ1) is 14.5.